The van der Waals surface area contributed by atoms with Gasteiger partial charge in [-0.3, -0.25) is 14.5 Å². The van der Waals surface area contributed by atoms with Crippen LogP contribution in [0.3, 0.4) is 0 Å². The van der Waals surface area contributed by atoms with Gasteiger partial charge in [0.05, 0.1) is 7.05 Å². The van der Waals surface area contributed by atoms with Crippen LogP contribution in [-0.2, 0) is 19.2 Å². The van der Waals surface area contributed by atoms with Crippen LogP contribution in [0.2, 0.25) is 0 Å². The van der Waals surface area contributed by atoms with E-state index in [1.165, 1.54) is 29.2 Å². The molecule has 2 fully saturated rings. The van der Waals surface area contributed by atoms with Crippen LogP contribution in [0.25, 0.3) is 0 Å². The number of anilines is 1. The van der Waals surface area contributed by atoms with Crippen LogP contribution in [0.5, 0.6) is 0 Å². The number of thioether (sulfide) groups is 1. The van der Waals surface area contributed by atoms with E-state index in [0.717, 1.165) is 11.3 Å². The number of nitrogen functional groups attached to an aromatic ring is 1. The number of aliphatic hydroxyl groups excluding tert-OH is 2. The number of oxime groups is 1. The standard InChI is InChI=1S/C19H24N6O7S2/c1-25(4-10(26)11(27)5-25)3-8-6-33-17-13(16(29)24(17)14(8)18(30)31)22-15(28)12(23-32-2)9-7-34-19(20)21-9/h7,10-11,13,17,26-27H,3-6H2,1-2H3,(H3-,20,21,22,28,30,31)/p+1/b23-12-/t10-,11-,13?,17-/m0/s1. The topological polar surface area (TPSA) is 188 Å². The Hall–Kier alpha value is -2.72. The molecule has 13 nitrogen and oxygen atoms in total. The largest absolute Gasteiger partial charge is 0.477 e. The number of carboxylic acid groups (broad SMARTS) is 1. The molecule has 2 saturated heterocycles. The zero-order chi connectivity index (χ0) is 24.8. The van der Waals surface area contributed by atoms with Gasteiger partial charge < -0.3 is 35.7 Å². The zero-order valence-corrected chi connectivity index (χ0v) is 20.0. The quantitative estimate of drug-likeness (QED) is 0.118. The Morgan fingerprint density at radius 1 is 1.38 bits per heavy atom. The molecule has 3 aliphatic rings. The number of hydrogen-bond acceptors (Lipinski definition) is 11. The van der Waals surface area contributed by atoms with Gasteiger partial charge in [-0.25, -0.2) is 9.78 Å². The van der Waals surface area contributed by atoms with Crippen LogP contribution in [0.1, 0.15) is 5.69 Å². The van der Waals surface area contributed by atoms with Gasteiger partial charge in [0, 0.05) is 16.7 Å². The Balaban J connectivity index is 1.52. The summed E-state index contributed by atoms with van der Waals surface area (Å²) in [6, 6.07) is -0.952. The van der Waals surface area contributed by atoms with E-state index >= 15 is 0 Å². The number of carbonyl (C=O) groups is 3. The lowest BCUT2D eigenvalue weighted by atomic mass is 10.0. The zero-order valence-electron chi connectivity index (χ0n) is 18.4. The van der Waals surface area contributed by atoms with Crippen molar-refractivity contribution in [2.75, 3.05) is 45.3 Å². The predicted octanol–water partition coefficient (Wildman–Crippen LogP) is -2.00. The van der Waals surface area contributed by atoms with Crippen molar-refractivity contribution in [3.63, 3.8) is 0 Å². The number of thiazole rings is 1. The van der Waals surface area contributed by atoms with Gasteiger partial charge in [0.2, 0.25) is 0 Å². The molecular weight excluding hydrogens is 488 g/mol. The number of amides is 2. The van der Waals surface area contributed by atoms with Crippen molar-refractivity contribution >= 4 is 51.7 Å². The Labute approximate surface area is 202 Å². The van der Waals surface area contributed by atoms with Gasteiger partial charge in [-0.05, 0) is 0 Å². The third kappa shape index (κ3) is 4.36. The van der Waals surface area contributed by atoms with Crippen molar-refractivity contribution < 1.29 is 39.0 Å². The maximum atomic E-state index is 12.9. The molecule has 0 bridgehead atoms. The molecule has 6 N–H and O–H groups in total. The summed E-state index contributed by atoms with van der Waals surface area (Å²) < 4.78 is 0.259. The SMILES string of the molecule is CO/N=C(\C(=O)NC1C(=O)N2C(C(=O)O)=C(C[N+]3(C)C[C@H](O)[C@@H](O)C3)CS[C@@H]12)c1csc(N)n1. The highest BCUT2D eigenvalue weighted by atomic mass is 32.2. The number of likely N-dealkylation sites (N-methyl/N-ethyl adjacent to an activating group) is 1. The van der Waals surface area contributed by atoms with Gasteiger partial charge in [-0.2, -0.15) is 0 Å². The van der Waals surface area contributed by atoms with Crippen LogP contribution >= 0.6 is 23.1 Å². The maximum absolute atomic E-state index is 12.9. The first-order chi connectivity index (χ1) is 16.0. The second kappa shape index (κ2) is 9.14. The molecule has 3 aliphatic heterocycles. The fourth-order valence-electron chi connectivity index (χ4n) is 4.52. The lowest BCUT2D eigenvalue weighted by Crippen LogP contribution is -2.71. The van der Waals surface area contributed by atoms with E-state index in [4.69, 9.17) is 10.6 Å². The van der Waals surface area contributed by atoms with Crippen molar-refractivity contribution in [2.45, 2.75) is 23.6 Å². The minimum atomic E-state index is -1.25. The molecule has 1 unspecified atom stereocenters. The monoisotopic (exact) mass is 513 g/mol. The van der Waals surface area contributed by atoms with Crippen molar-refractivity contribution in [1.29, 1.82) is 0 Å². The predicted molar refractivity (Wildman–Crippen MR) is 123 cm³/mol. The number of quaternary nitrogens is 1. The summed E-state index contributed by atoms with van der Waals surface area (Å²) in [5.41, 5.74) is 6.09. The first-order valence-corrected chi connectivity index (χ1v) is 12.2. The van der Waals surface area contributed by atoms with E-state index in [2.05, 4.69) is 15.5 Å². The number of nitrogens with zero attached hydrogens (tertiary/aromatic N) is 4. The molecule has 4 heterocycles. The highest BCUT2D eigenvalue weighted by molar-refractivity contribution is 8.00. The summed E-state index contributed by atoms with van der Waals surface area (Å²) in [6.07, 6.45) is -1.77. The molecule has 15 heteroatoms. The Morgan fingerprint density at radius 2 is 2.06 bits per heavy atom. The summed E-state index contributed by atoms with van der Waals surface area (Å²) in [7, 11) is 3.09. The molecule has 1 aromatic rings. The third-order valence-corrected chi connectivity index (χ3v) is 7.98. The fourth-order valence-corrected chi connectivity index (χ4v) is 6.40. The number of fused-ring (bicyclic) bond motifs is 1. The molecule has 0 aliphatic carbocycles. The molecule has 0 radical (unpaired) electrons. The highest BCUT2D eigenvalue weighted by Crippen LogP contribution is 2.41. The molecule has 0 saturated carbocycles. The van der Waals surface area contributed by atoms with Gasteiger partial charge >= 0.3 is 5.97 Å². The summed E-state index contributed by atoms with van der Waals surface area (Å²) >= 11 is 2.45. The normalized spacial score (nSPS) is 28.4. The lowest BCUT2D eigenvalue weighted by molar-refractivity contribution is -0.895. The smallest absolute Gasteiger partial charge is 0.352 e. The van der Waals surface area contributed by atoms with Crippen molar-refractivity contribution in [3.05, 3.63) is 22.3 Å². The van der Waals surface area contributed by atoms with Crippen molar-refractivity contribution in [1.82, 2.24) is 15.2 Å². The van der Waals surface area contributed by atoms with Gasteiger partial charge in [0.15, 0.2) is 10.8 Å². The number of aromatic nitrogens is 1. The second-order valence-corrected chi connectivity index (χ2v) is 10.6. The van der Waals surface area contributed by atoms with E-state index in [0.29, 0.717) is 11.3 Å². The molecule has 4 rings (SSSR count). The van der Waals surface area contributed by atoms with Gasteiger partial charge in [-0.15, -0.1) is 23.1 Å². The average molecular weight is 514 g/mol. The number of carboxylic acids is 1. The first kappa shape index (κ1) is 24.4. The number of nitrogens with two attached hydrogens (primary N) is 1. The molecule has 4 atom stereocenters. The van der Waals surface area contributed by atoms with Crippen LogP contribution in [-0.4, -0.2) is 116 Å². The molecule has 2 amide bonds. The number of carbonyl (C=O) groups excluding carboxylic acids is 2. The number of hydrogen-bond donors (Lipinski definition) is 5. The number of β-lactam (4-membered cyclic amide) rings is 1. The highest BCUT2D eigenvalue weighted by Gasteiger charge is 2.55. The summed E-state index contributed by atoms with van der Waals surface area (Å²) in [4.78, 5) is 47.8. The molecule has 0 aromatic carbocycles. The van der Waals surface area contributed by atoms with E-state index in [1.54, 1.807) is 0 Å². The Bertz CT molecular complexity index is 1080. The van der Waals surface area contributed by atoms with Crippen LogP contribution in [0.15, 0.2) is 21.8 Å². The van der Waals surface area contributed by atoms with E-state index < -0.39 is 41.4 Å². The fraction of sp³-hybridized carbons (Fsp3) is 0.526. The van der Waals surface area contributed by atoms with Gasteiger partial charge in [0.25, 0.3) is 11.8 Å². The Morgan fingerprint density at radius 3 is 2.62 bits per heavy atom. The van der Waals surface area contributed by atoms with E-state index in [9.17, 15) is 29.7 Å². The summed E-state index contributed by atoms with van der Waals surface area (Å²) in [6.45, 7) is 0.828. The van der Waals surface area contributed by atoms with Gasteiger partial charge in [0.1, 0.15) is 61.8 Å². The number of aliphatic carboxylic acids is 1. The minimum Gasteiger partial charge on any atom is -0.477 e. The first-order valence-electron chi connectivity index (χ1n) is 10.3. The minimum absolute atomic E-state index is 0.118. The summed E-state index contributed by atoms with van der Waals surface area (Å²) in [5.74, 6) is -2.18. The molecule has 184 valence electrons. The molecule has 34 heavy (non-hydrogen) atoms. The molecule has 0 spiro atoms. The maximum Gasteiger partial charge on any atom is 0.352 e. The number of rotatable bonds is 7. The van der Waals surface area contributed by atoms with Crippen molar-refractivity contribution in [3.8, 4) is 0 Å². The molecule has 1 aromatic heterocycles. The van der Waals surface area contributed by atoms with Crippen LogP contribution < -0.4 is 11.1 Å². The van der Waals surface area contributed by atoms with E-state index in [1.807, 2.05) is 7.05 Å². The van der Waals surface area contributed by atoms with Crippen LogP contribution in [0, 0.1) is 0 Å². The average Bonchev–Trinajstić information content (AvgIpc) is 3.30. The number of aliphatic hydroxyl groups is 2. The van der Waals surface area contributed by atoms with Crippen LogP contribution in [0.4, 0.5) is 5.13 Å². The molecular formula is C19H25N6O7S2+. The summed E-state index contributed by atoms with van der Waals surface area (Å²) in [5, 5.41) is 37.2. The second-order valence-electron chi connectivity index (χ2n) is 8.59. The van der Waals surface area contributed by atoms with Gasteiger partial charge in [-0.1, -0.05) is 5.16 Å². The number of likely N-dealkylation sites (tertiary alicyclic amines) is 1. The van der Waals surface area contributed by atoms with E-state index in [-0.39, 0.29) is 46.4 Å². The number of nitrogens with one attached hydrogen (secondary N) is 1. The lowest BCUT2D eigenvalue weighted by Gasteiger charge is -2.49. The third-order valence-electron chi connectivity index (χ3n) is 5.97. The Kier molecular flexibility index (Phi) is 6.56. The van der Waals surface area contributed by atoms with Crippen molar-refractivity contribution in [2.24, 2.45) is 5.16 Å².